The second-order valence-electron chi connectivity index (χ2n) is 5.00. The van der Waals surface area contributed by atoms with Crippen LogP contribution >= 0.6 is 23.2 Å². The number of phenols is 1. The first-order chi connectivity index (χ1) is 9.38. The number of carboxylic acids is 1. The van der Waals surface area contributed by atoms with Crippen LogP contribution in [0.4, 0.5) is 0 Å². The Bertz CT molecular complexity index is 447. The monoisotopic (exact) mass is 318 g/mol. The van der Waals surface area contributed by atoms with Gasteiger partial charge >= 0.3 is 5.97 Å². The number of aromatic hydroxyl groups is 1. The van der Waals surface area contributed by atoms with Crippen LogP contribution in [0.25, 0.3) is 0 Å². The van der Waals surface area contributed by atoms with Crippen molar-refractivity contribution in [2.45, 2.75) is 49.8 Å². The van der Waals surface area contributed by atoms with E-state index in [0.29, 0.717) is 12.8 Å². The van der Waals surface area contributed by atoms with E-state index in [1.54, 1.807) is 18.2 Å². The second kappa shape index (κ2) is 8.38. The third kappa shape index (κ3) is 6.49. The van der Waals surface area contributed by atoms with Gasteiger partial charge in [-0.25, -0.2) is 0 Å². The Labute approximate surface area is 129 Å². The number of aryl methyl sites for hydroxylation is 2. The van der Waals surface area contributed by atoms with E-state index in [9.17, 15) is 9.90 Å². The summed E-state index contributed by atoms with van der Waals surface area (Å²) in [6, 6.07) is 5.05. The van der Waals surface area contributed by atoms with Crippen molar-refractivity contribution in [3.8, 4) is 5.75 Å². The van der Waals surface area contributed by atoms with Gasteiger partial charge < -0.3 is 10.2 Å². The first-order valence-electron chi connectivity index (χ1n) is 6.69. The molecule has 20 heavy (non-hydrogen) atoms. The van der Waals surface area contributed by atoms with Crippen LogP contribution in [-0.4, -0.2) is 26.9 Å². The molecule has 0 aliphatic rings. The van der Waals surface area contributed by atoms with Crippen LogP contribution in [0.3, 0.4) is 0 Å². The van der Waals surface area contributed by atoms with Crippen LogP contribution in [-0.2, 0) is 17.6 Å². The average molecular weight is 319 g/mol. The molecule has 0 fully saturated rings. The summed E-state index contributed by atoms with van der Waals surface area (Å²) < 4.78 is 0. The summed E-state index contributed by atoms with van der Waals surface area (Å²) in [5, 5.41) is 18.3. The zero-order valence-electron chi connectivity index (χ0n) is 11.5. The molecule has 0 aliphatic heterocycles. The summed E-state index contributed by atoms with van der Waals surface area (Å²) in [7, 11) is 0. The van der Waals surface area contributed by atoms with E-state index in [1.165, 1.54) is 0 Å². The molecule has 0 aliphatic carbocycles. The maximum absolute atomic E-state index is 10.7. The molecule has 1 aromatic carbocycles. The van der Waals surface area contributed by atoms with Crippen LogP contribution in [0, 0.1) is 0 Å². The highest BCUT2D eigenvalue weighted by Crippen LogP contribution is 2.22. The number of aliphatic carboxylic acids is 1. The molecule has 5 heteroatoms. The number of hydrogen-bond donors (Lipinski definition) is 2. The lowest BCUT2D eigenvalue weighted by Gasteiger charge is -2.13. The van der Waals surface area contributed by atoms with Crippen LogP contribution in [0.15, 0.2) is 18.2 Å². The maximum Gasteiger partial charge on any atom is 0.303 e. The predicted octanol–water partition coefficient (Wildman–Crippen LogP) is 3.97. The first-order valence-corrected chi connectivity index (χ1v) is 7.56. The van der Waals surface area contributed by atoms with Gasteiger partial charge in [-0.05, 0) is 55.9 Å². The normalized spacial score (nSPS) is 13.9. The van der Waals surface area contributed by atoms with Gasteiger partial charge in [-0.3, -0.25) is 4.79 Å². The van der Waals surface area contributed by atoms with Gasteiger partial charge in [0.25, 0.3) is 0 Å². The molecule has 2 atom stereocenters. The van der Waals surface area contributed by atoms with Crippen molar-refractivity contribution in [2.24, 2.45) is 0 Å². The van der Waals surface area contributed by atoms with Crippen molar-refractivity contribution in [1.82, 2.24) is 0 Å². The van der Waals surface area contributed by atoms with E-state index >= 15 is 0 Å². The largest absolute Gasteiger partial charge is 0.508 e. The van der Waals surface area contributed by atoms with Crippen molar-refractivity contribution in [3.63, 3.8) is 0 Å². The fraction of sp³-hybridized carbons (Fsp3) is 0.533. The van der Waals surface area contributed by atoms with Crippen molar-refractivity contribution in [3.05, 3.63) is 29.3 Å². The molecule has 0 bridgehead atoms. The van der Waals surface area contributed by atoms with E-state index in [-0.39, 0.29) is 22.9 Å². The lowest BCUT2D eigenvalue weighted by atomic mass is 9.97. The predicted molar refractivity (Wildman–Crippen MR) is 82.0 cm³/mol. The molecule has 1 aromatic rings. The Morgan fingerprint density at radius 1 is 1.25 bits per heavy atom. The van der Waals surface area contributed by atoms with Crippen molar-refractivity contribution in [1.29, 1.82) is 0 Å². The number of carboxylic acid groups (broad SMARTS) is 1. The smallest absolute Gasteiger partial charge is 0.303 e. The Balaban J connectivity index is 2.66. The molecule has 0 aromatic heterocycles. The molecule has 0 radical (unpaired) electrons. The molecular weight excluding hydrogens is 299 g/mol. The molecule has 3 nitrogen and oxygen atoms in total. The molecule has 0 spiro atoms. The molecule has 0 amide bonds. The van der Waals surface area contributed by atoms with E-state index in [2.05, 4.69) is 0 Å². The Morgan fingerprint density at radius 3 is 2.55 bits per heavy atom. The van der Waals surface area contributed by atoms with Gasteiger partial charge in [-0.1, -0.05) is 6.07 Å². The number of phenolic OH excluding ortho intramolecular Hbond substituents is 1. The highest BCUT2D eigenvalue weighted by Gasteiger charge is 2.11. The minimum Gasteiger partial charge on any atom is -0.508 e. The molecule has 112 valence electrons. The van der Waals surface area contributed by atoms with E-state index < -0.39 is 5.97 Å². The maximum atomic E-state index is 10.7. The van der Waals surface area contributed by atoms with Crippen molar-refractivity contribution < 1.29 is 15.0 Å². The molecule has 2 unspecified atom stereocenters. The molecule has 0 saturated heterocycles. The summed E-state index contributed by atoms with van der Waals surface area (Å²) in [6.07, 6.45) is 2.74. The van der Waals surface area contributed by atoms with Crippen LogP contribution in [0.1, 0.15) is 37.3 Å². The van der Waals surface area contributed by atoms with Gasteiger partial charge in [-0.2, -0.15) is 0 Å². The van der Waals surface area contributed by atoms with E-state index in [4.69, 9.17) is 28.3 Å². The van der Waals surface area contributed by atoms with Crippen LogP contribution < -0.4 is 0 Å². The highest BCUT2D eigenvalue weighted by atomic mass is 35.5. The van der Waals surface area contributed by atoms with Gasteiger partial charge in [0.05, 0.1) is 0 Å². The van der Waals surface area contributed by atoms with Gasteiger partial charge in [0.15, 0.2) is 0 Å². The van der Waals surface area contributed by atoms with Crippen molar-refractivity contribution >= 4 is 29.2 Å². The van der Waals surface area contributed by atoms with Crippen LogP contribution in [0.2, 0.25) is 0 Å². The zero-order chi connectivity index (χ0) is 15.1. The summed E-state index contributed by atoms with van der Waals surface area (Å²) in [5.74, 6) is -0.633. The third-order valence-electron chi connectivity index (χ3n) is 3.11. The first kappa shape index (κ1) is 17.1. The van der Waals surface area contributed by atoms with Crippen molar-refractivity contribution in [2.75, 3.05) is 0 Å². The molecule has 0 saturated carbocycles. The average Bonchev–Trinajstić information content (AvgIpc) is 2.34. The number of hydrogen-bond acceptors (Lipinski definition) is 2. The number of halogens is 2. The highest BCUT2D eigenvalue weighted by molar-refractivity contribution is 6.23. The van der Waals surface area contributed by atoms with Gasteiger partial charge in [0, 0.05) is 17.2 Å². The SMILES string of the molecule is CC(Cl)CC(Cl)CCc1cc(O)ccc1CCC(=O)O. The summed E-state index contributed by atoms with van der Waals surface area (Å²) in [5.41, 5.74) is 1.91. The molecule has 2 N–H and O–H groups in total. The summed E-state index contributed by atoms with van der Waals surface area (Å²) >= 11 is 12.1. The Hall–Kier alpha value is -0.930. The van der Waals surface area contributed by atoms with E-state index in [1.807, 2.05) is 6.92 Å². The minimum absolute atomic E-state index is 0.0165. The Morgan fingerprint density at radius 2 is 1.95 bits per heavy atom. The number of rotatable bonds is 8. The van der Waals surface area contributed by atoms with E-state index in [0.717, 1.165) is 24.0 Å². The lowest BCUT2D eigenvalue weighted by Crippen LogP contribution is -2.08. The molecule has 0 heterocycles. The molecule has 1 rings (SSSR count). The topological polar surface area (TPSA) is 57.5 Å². The summed E-state index contributed by atoms with van der Waals surface area (Å²) in [6.45, 7) is 1.91. The van der Waals surface area contributed by atoms with Gasteiger partial charge in [0.2, 0.25) is 0 Å². The summed E-state index contributed by atoms with van der Waals surface area (Å²) in [4.78, 5) is 10.7. The standard InChI is InChI=1S/C15H20Cl2O3/c1-10(16)8-13(17)5-2-12-9-14(18)6-3-11(12)4-7-15(19)20/h3,6,9-10,13,18H,2,4-5,7-8H2,1H3,(H,19,20). The fourth-order valence-corrected chi connectivity index (χ4v) is 2.80. The van der Waals surface area contributed by atoms with Crippen LogP contribution in [0.5, 0.6) is 5.75 Å². The Kier molecular flexibility index (Phi) is 7.17. The molecular formula is C15H20Cl2O3. The number of carbonyl (C=O) groups is 1. The van der Waals surface area contributed by atoms with Gasteiger partial charge in [0.1, 0.15) is 5.75 Å². The fourth-order valence-electron chi connectivity index (χ4n) is 2.11. The quantitative estimate of drug-likeness (QED) is 0.713. The number of alkyl halides is 2. The number of benzene rings is 1. The minimum atomic E-state index is -0.824. The second-order valence-corrected chi connectivity index (χ2v) is 6.36. The zero-order valence-corrected chi connectivity index (χ0v) is 13.0. The lowest BCUT2D eigenvalue weighted by molar-refractivity contribution is -0.136. The third-order valence-corrected chi connectivity index (χ3v) is 3.68. The van der Waals surface area contributed by atoms with Gasteiger partial charge in [-0.15, -0.1) is 23.2 Å².